The molecule has 0 atom stereocenters. The first-order valence-electron chi connectivity index (χ1n) is 19.0. The third-order valence-corrected chi connectivity index (χ3v) is 7.70. The van der Waals surface area contributed by atoms with Gasteiger partial charge in [0, 0.05) is 0 Å². The molecule has 0 bridgehead atoms. The summed E-state index contributed by atoms with van der Waals surface area (Å²) in [5.74, 6) is 0. The molecule has 0 saturated carbocycles. The summed E-state index contributed by atoms with van der Waals surface area (Å²) in [6.07, 6.45) is 0. The van der Waals surface area contributed by atoms with Gasteiger partial charge in [0.15, 0.2) is 0 Å². The van der Waals surface area contributed by atoms with Crippen LogP contribution in [0.4, 0.5) is 0 Å². The Labute approximate surface area is 456 Å². The number of halogens is 1. The van der Waals surface area contributed by atoms with Gasteiger partial charge in [-0.25, -0.2) is 0 Å². The van der Waals surface area contributed by atoms with Crippen LogP contribution in [0.25, 0.3) is 0 Å². The molecule has 0 aliphatic rings. The van der Waals surface area contributed by atoms with Crippen LogP contribution in [-0.2, 0) is 118 Å². The van der Waals surface area contributed by atoms with Crippen molar-refractivity contribution in [1.82, 2.24) is 0 Å². The van der Waals surface area contributed by atoms with Crippen molar-refractivity contribution in [2.24, 2.45) is 0 Å². The van der Waals surface area contributed by atoms with E-state index in [2.05, 4.69) is 259 Å². The predicted molar refractivity (Wildman–Crippen MR) is 243 cm³/mol. The molecule has 6 rings (SSSR count). The summed E-state index contributed by atoms with van der Waals surface area (Å²) in [5.41, 5.74) is 22.7. The van der Waals surface area contributed by atoms with Gasteiger partial charge in [-0.1, -0.05) is 125 Å². The van der Waals surface area contributed by atoms with Crippen molar-refractivity contribution in [3.05, 3.63) is 209 Å². The molecule has 0 fully saturated rings. The molecule has 0 unspecified atom stereocenters. The maximum absolute atomic E-state index is 4.20. The maximum Gasteiger partial charge on any atom is 1.00 e. The Morgan fingerprint density at radius 2 is 0.274 bits per heavy atom. The van der Waals surface area contributed by atoms with Crippen LogP contribution in [-0.4, -0.2) is 0 Å². The molecule has 0 nitrogen and oxygen atoms in total. The molecule has 0 aliphatic heterocycles. The van der Waals surface area contributed by atoms with Gasteiger partial charge in [-0.05, 0) is 0 Å². The van der Waals surface area contributed by atoms with Crippen molar-refractivity contribution >= 4 is 10.1 Å². The van der Waals surface area contributed by atoms with E-state index in [1.54, 1.807) is 0 Å². The largest absolute Gasteiger partial charge is 1.00 e. The van der Waals surface area contributed by atoms with Crippen molar-refractivity contribution in [1.29, 1.82) is 0 Å². The van der Waals surface area contributed by atoms with Gasteiger partial charge in [0.2, 0.25) is 0 Å². The fourth-order valence-electron chi connectivity index (χ4n) is 6.65. The first-order chi connectivity index (χ1) is 26.1. The first-order valence-corrected chi connectivity index (χ1v) is 20.3. The van der Waals surface area contributed by atoms with E-state index in [-0.39, 0.29) is 102 Å². The minimum Gasteiger partial charge on any atom is 1.00 e. The standard InChI is InChI=1S/6C9H11.ClH.7Cu/c6*1-7-4-8(2)6-9(3)5-7;;;;;;;;/h6*4-5H,1-3H3;1H;;;;;;;/q6*-1;;7*+1/p-1. The summed E-state index contributed by atoms with van der Waals surface area (Å²) in [6, 6.07) is 44.8. The van der Waals surface area contributed by atoms with E-state index in [0.717, 1.165) is 0 Å². The van der Waals surface area contributed by atoms with Crippen LogP contribution in [0.1, 0.15) is 100 Å². The molecule has 0 spiro atoms. The second-order valence-electron chi connectivity index (χ2n) is 15.1. The van der Waals surface area contributed by atoms with E-state index in [0.29, 0.717) is 0 Å². The number of aryl methyl sites for hydroxylation is 18. The average Bonchev–Trinajstić information content (AvgIpc) is 2.99. The van der Waals surface area contributed by atoms with E-state index in [1.165, 1.54) is 100 Å². The van der Waals surface area contributed by atoms with Crippen LogP contribution >= 0.6 is 10.1 Å². The Morgan fingerprint density at radius 1 is 0.210 bits per heavy atom. The van der Waals surface area contributed by atoms with Crippen LogP contribution in [0.3, 0.4) is 0 Å². The van der Waals surface area contributed by atoms with Crippen molar-refractivity contribution in [3.63, 3.8) is 0 Å². The van der Waals surface area contributed by atoms with Crippen LogP contribution in [0.2, 0.25) is 0 Å². The summed E-state index contributed by atoms with van der Waals surface area (Å²) in [6.45, 7) is 37.5. The minimum absolute atomic E-state index is 0. The molecule has 6 aromatic rings. The SMILES string of the molecule is Cc1[c-]c(C)cc(C)c1.Cc1[c-]c(C)cc(C)c1.Cc1[c-]c(C)cc(C)c1.Cc1[c-]c(C)cc(C)c1.Cc1[c-]c(C)cc(C)c1.Cc1[c-]c(C)cc(C)c1.[Cl][Cu].[Cu+].[Cu+].[Cu+].[Cu+].[Cu+].[Cu+]. The Bertz CT molecular complexity index is 1390. The maximum atomic E-state index is 4.20. The van der Waals surface area contributed by atoms with Crippen LogP contribution in [0, 0.1) is 161 Å². The van der Waals surface area contributed by atoms with Crippen molar-refractivity contribution in [2.75, 3.05) is 0 Å². The summed E-state index contributed by atoms with van der Waals surface area (Å²) in [7, 11) is 4.20. The predicted octanol–water partition coefficient (Wildman–Crippen LogP) is 15.1. The van der Waals surface area contributed by atoms with Crippen LogP contribution < -0.4 is 0 Å². The zero-order chi connectivity index (χ0) is 43.1. The molecule has 0 aromatic heterocycles. The molecule has 0 amide bonds. The topological polar surface area (TPSA) is 0 Å². The Kier molecular flexibility index (Phi) is 50.8. The normalized spacial score (nSPS) is 8.53. The van der Waals surface area contributed by atoms with Gasteiger partial charge in [-0.3, -0.25) is 0 Å². The van der Waals surface area contributed by atoms with Gasteiger partial charge in [0.1, 0.15) is 0 Å². The number of rotatable bonds is 0. The Balaban J connectivity index is -0.000000114. The third kappa shape index (κ3) is 39.6. The smallest absolute Gasteiger partial charge is 1.00 e. The van der Waals surface area contributed by atoms with E-state index >= 15 is 0 Å². The van der Waals surface area contributed by atoms with Gasteiger partial charge >= 0.3 is 128 Å². The molecule has 0 heterocycles. The van der Waals surface area contributed by atoms with E-state index in [1.807, 2.05) is 0 Å². The fraction of sp³-hybridized carbons (Fsp3) is 0.333. The summed E-state index contributed by atoms with van der Waals surface area (Å²) >= 11 is 3.66. The molecular weight excluding hydrogens is 1130 g/mol. The Hall–Kier alpha value is -0.754. The van der Waals surface area contributed by atoms with Gasteiger partial charge in [-0.2, -0.15) is 209 Å². The molecule has 0 N–H and O–H groups in total. The van der Waals surface area contributed by atoms with Crippen molar-refractivity contribution in [3.8, 4) is 0 Å². The zero-order valence-electron chi connectivity index (χ0n) is 39.4. The third-order valence-electron chi connectivity index (χ3n) is 7.70. The fourth-order valence-corrected chi connectivity index (χ4v) is 6.65. The second-order valence-corrected chi connectivity index (χ2v) is 15.1. The monoisotopic (exact) mass is 1190 g/mol. The molecule has 0 aliphatic carbocycles. The minimum atomic E-state index is 0. The molecule has 0 radical (unpaired) electrons. The van der Waals surface area contributed by atoms with Gasteiger partial charge in [0.05, 0.1) is 0 Å². The summed E-state index contributed by atoms with van der Waals surface area (Å²) in [5, 5.41) is 0. The Morgan fingerprint density at radius 3 is 0.323 bits per heavy atom. The number of benzene rings is 6. The summed E-state index contributed by atoms with van der Waals surface area (Å²) in [4.78, 5) is 0. The molecule has 8 heteroatoms. The summed E-state index contributed by atoms with van der Waals surface area (Å²) < 4.78 is 0. The molecule has 366 valence electrons. The first kappa shape index (κ1) is 75.5. The van der Waals surface area contributed by atoms with E-state index in [9.17, 15) is 0 Å². The average molecular weight is 1200 g/mol. The van der Waals surface area contributed by atoms with Crippen molar-refractivity contribution < 1.29 is 118 Å². The molecule has 0 saturated heterocycles. The van der Waals surface area contributed by atoms with Gasteiger partial charge in [0.25, 0.3) is 0 Å². The van der Waals surface area contributed by atoms with Crippen LogP contribution in [0.5, 0.6) is 0 Å². The zero-order valence-corrected chi connectivity index (χ0v) is 46.8. The van der Waals surface area contributed by atoms with Gasteiger partial charge < -0.3 is 0 Å². The molecular formula is C54H66ClCu7. The second kappa shape index (κ2) is 41.7. The molecule has 62 heavy (non-hydrogen) atoms. The van der Waals surface area contributed by atoms with E-state index in [4.69, 9.17) is 0 Å². The quantitative estimate of drug-likeness (QED) is 0.105. The number of hydrogen-bond acceptors (Lipinski definition) is 0. The van der Waals surface area contributed by atoms with Gasteiger partial charge in [-0.15, -0.1) is 0 Å². The van der Waals surface area contributed by atoms with Crippen molar-refractivity contribution in [2.45, 2.75) is 125 Å². The number of hydrogen-bond donors (Lipinski definition) is 0. The van der Waals surface area contributed by atoms with E-state index < -0.39 is 0 Å². The molecule has 6 aromatic carbocycles. The van der Waals surface area contributed by atoms with Crippen LogP contribution in [0.15, 0.2) is 72.8 Å².